The largest absolute Gasteiger partial charge is 1.00 e. The van der Waals surface area contributed by atoms with Crippen LogP contribution < -0.4 is 29.6 Å². The van der Waals surface area contributed by atoms with Crippen LogP contribution in [0, 0.1) is 0 Å². The van der Waals surface area contributed by atoms with Crippen LogP contribution >= 0.6 is 0 Å². The van der Waals surface area contributed by atoms with E-state index in [0.29, 0.717) is 0 Å². The van der Waals surface area contributed by atoms with E-state index >= 15 is 0 Å². The molecule has 0 fully saturated rings. The van der Waals surface area contributed by atoms with E-state index in [1.54, 1.807) is 0 Å². The monoisotopic (exact) mass is 264 g/mol. The minimum Gasteiger partial charge on any atom is -1.00 e. The van der Waals surface area contributed by atoms with Crippen molar-refractivity contribution in [1.29, 1.82) is 0 Å². The molecule has 0 bridgehead atoms. The molecular weight excluding hydrogens is 239 g/mol. The van der Waals surface area contributed by atoms with Crippen LogP contribution in [0.15, 0.2) is 36.4 Å². The fourth-order valence-corrected chi connectivity index (χ4v) is 2.70. The summed E-state index contributed by atoms with van der Waals surface area (Å²) in [7, 11) is 0. The van der Waals surface area contributed by atoms with Crippen LogP contribution in [0.25, 0.3) is 10.8 Å². The molecule has 2 aromatic carbocycles. The summed E-state index contributed by atoms with van der Waals surface area (Å²) in [5.41, 5.74) is 3.32. The Kier molecular flexibility index (Phi) is 4.93. The van der Waals surface area contributed by atoms with Gasteiger partial charge in [0, 0.05) is 0 Å². The molecule has 0 aliphatic rings. The predicted octanol–water partition coefficient (Wildman–Crippen LogP) is 2.55. The van der Waals surface area contributed by atoms with E-state index in [4.69, 9.17) is 0 Å². The van der Waals surface area contributed by atoms with Crippen LogP contribution in [-0.4, -0.2) is 0 Å². The molecule has 19 heavy (non-hydrogen) atoms. The van der Waals surface area contributed by atoms with Gasteiger partial charge in [-0.2, -0.15) is 0 Å². The summed E-state index contributed by atoms with van der Waals surface area (Å²) in [6.07, 6.45) is 0. The zero-order valence-electron chi connectivity index (χ0n) is 14.5. The Morgan fingerprint density at radius 2 is 1.32 bits per heavy atom. The zero-order valence-corrected chi connectivity index (χ0v) is 15.5. The summed E-state index contributed by atoms with van der Waals surface area (Å²) in [5.74, 6) is 0. The third-order valence-corrected chi connectivity index (χ3v) is 3.49. The van der Waals surface area contributed by atoms with Crippen LogP contribution in [0.4, 0.5) is 0 Å². The molecule has 0 saturated carbocycles. The molecule has 0 amide bonds. The van der Waals surface area contributed by atoms with Crippen molar-refractivity contribution in [1.82, 2.24) is 0 Å². The minimum absolute atomic E-state index is 0. The number of fused-ring (bicyclic) bond motifs is 1. The average molecular weight is 264 g/mol. The molecule has 1 heteroatoms. The van der Waals surface area contributed by atoms with E-state index in [-0.39, 0.29) is 41.8 Å². The first-order chi connectivity index (χ1) is 8.21. The Balaban J connectivity index is 0.00000180. The van der Waals surface area contributed by atoms with E-state index < -0.39 is 0 Å². The average Bonchev–Trinajstić information content (AvgIpc) is 2.24. The smallest absolute Gasteiger partial charge is 1.00 e. The SMILES string of the molecule is CC(C)(C)c1ccc2ccccc2c1C(C)(C)C.[H-].[Na+]. The second-order valence-electron chi connectivity index (χ2n) is 7.21. The number of hydrogen-bond donors (Lipinski definition) is 0. The van der Waals surface area contributed by atoms with Gasteiger partial charge in [-0.1, -0.05) is 77.9 Å². The Morgan fingerprint density at radius 1 is 0.737 bits per heavy atom. The van der Waals surface area contributed by atoms with Crippen LogP contribution in [-0.2, 0) is 10.8 Å². The fraction of sp³-hybridized carbons (Fsp3) is 0.444. The van der Waals surface area contributed by atoms with Gasteiger partial charge in [0.1, 0.15) is 0 Å². The van der Waals surface area contributed by atoms with Gasteiger partial charge in [0.05, 0.1) is 0 Å². The van der Waals surface area contributed by atoms with E-state index in [2.05, 4.69) is 77.9 Å². The van der Waals surface area contributed by atoms with Gasteiger partial charge in [-0.3, -0.25) is 0 Å². The molecule has 0 atom stereocenters. The normalized spacial score (nSPS) is 12.3. The number of benzene rings is 2. The minimum atomic E-state index is 0. The molecule has 0 N–H and O–H groups in total. The van der Waals surface area contributed by atoms with E-state index in [1.165, 1.54) is 21.9 Å². The van der Waals surface area contributed by atoms with Crippen molar-refractivity contribution < 1.29 is 31.0 Å². The van der Waals surface area contributed by atoms with Crippen LogP contribution in [0.3, 0.4) is 0 Å². The Hall–Kier alpha value is -0.300. The Bertz CT molecular complexity index is 574. The van der Waals surface area contributed by atoms with Gasteiger partial charge in [0.2, 0.25) is 0 Å². The molecule has 0 aliphatic heterocycles. The van der Waals surface area contributed by atoms with Gasteiger partial charge in [0.25, 0.3) is 0 Å². The number of rotatable bonds is 0. The third kappa shape index (κ3) is 3.42. The van der Waals surface area contributed by atoms with E-state index in [0.717, 1.165) is 0 Å². The predicted molar refractivity (Wildman–Crippen MR) is 82.5 cm³/mol. The molecule has 98 valence electrons. The zero-order chi connectivity index (χ0) is 13.6. The van der Waals surface area contributed by atoms with Crippen molar-refractivity contribution in [2.45, 2.75) is 52.4 Å². The summed E-state index contributed by atoms with van der Waals surface area (Å²) in [5, 5.41) is 2.74. The summed E-state index contributed by atoms with van der Waals surface area (Å²) < 4.78 is 0. The van der Waals surface area contributed by atoms with Crippen molar-refractivity contribution in [2.24, 2.45) is 0 Å². The fourth-order valence-electron chi connectivity index (χ4n) is 2.70. The van der Waals surface area contributed by atoms with E-state index in [1.807, 2.05) is 0 Å². The van der Waals surface area contributed by atoms with Gasteiger partial charge in [-0.15, -0.1) is 0 Å². The van der Waals surface area contributed by atoms with Gasteiger partial charge in [-0.25, -0.2) is 0 Å². The van der Waals surface area contributed by atoms with Crippen LogP contribution in [0.1, 0.15) is 54.1 Å². The third-order valence-electron chi connectivity index (χ3n) is 3.49. The van der Waals surface area contributed by atoms with Crippen molar-refractivity contribution >= 4 is 10.8 Å². The summed E-state index contributed by atoms with van der Waals surface area (Å²) in [6.45, 7) is 13.8. The first-order valence-corrected chi connectivity index (χ1v) is 6.74. The molecule has 0 aliphatic carbocycles. The molecule has 2 rings (SSSR count). The van der Waals surface area contributed by atoms with Crippen molar-refractivity contribution in [3.05, 3.63) is 47.5 Å². The molecule has 2 aromatic rings. The Morgan fingerprint density at radius 3 is 1.84 bits per heavy atom. The standard InChI is InChI=1S/C18H24.Na.H/c1-17(2,3)15-12-11-13-9-7-8-10-14(13)16(15)18(4,5)6;;/h7-12H,1-6H3;;/q;+1;-1. The second kappa shape index (κ2) is 5.60. The van der Waals surface area contributed by atoms with Gasteiger partial charge >= 0.3 is 29.6 Å². The maximum atomic E-state index is 2.31. The number of hydrogen-bond acceptors (Lipinski definition) is 0. The first-order valence-electron chi connectivity index (χ1n) is 6.74. The molecule has 0 saturated heterocycles. The summed E-state index contributed by atoms with van der Waals surface area (Å²) in [6, 6.07) is 13.3. The first kappa shape index (κ1) is 16.8. The van der Waals surface area contributed by atoms with Crippen molar-refractivity contribution in [2.75, 3.05) is 0 Å². The van der Waals surface area contributed by atoms with Crippen LogP contribution in [0.2, 0.25) is 0 Å². The van der Waals surface area contributed by atoms with Crippen molar-refractivity contribution in [3.63, 3.8) is 0 Å². The summed E-state index contributed by atoms with van der Waals surface area (Å²) in [4.78, 5) is 0. The molecule has 0 radical (unpaired) electrons. The maximum absolute atomic E-state index is 2.31. The second-order valence-corrected chi connectivity index (χ2v) is 7.21. The van der Waals surface area contributed by atoms with Gasteiger partial charge < -0.3 is 1.43 Å². The quantitative estimate of drug-likeness (QED) is 0.642. The molecule has 0 nitrogen and oxygen atoms in total. The molecule has 0 spiro atoms. The Labute approximate surface area is 141 Å². The molecule has 0 unspecified atom stereocenters. The topological polar surface area (TPSA) is 0 Å². The molecule has 0 heterocycles. The van der Waals surface area contributed by atoms with Crippen LogP contribution in [0.5, 0.6) is 0 Å². The van der Waals surface area contributed by atoms with Gasteiger partial charge in [0.15, 0.2) is 0 Å². The van der Waals surface area contributed by atoms with E-state index in [9.17, 15) is 0 Å². The maximum Gasteiger partial charge on any atom is 1.00 e. The molecular formula is C18H25Na. The summed E-state index contributed by atoms with van der Waals surface area (Å²) >= 11 is 0. The molecule has 0 aromatic heterocycles. The van der Waals surface area contributed by atoms with Gasteiger partial charge in [-0.05, 0) is 32.7 Å². The van der Waals surface area contributed by atoms with Crippen molar-refractivity contribution in [3.8, 4) is 0 Å².